The van der Waals surface area contributed by atoms with Gasteiger partial charge in [-0.1, -0.05) is 30.3 Å². The molecule has 124 valence electrons. The number of hydrogen-bond donors (Lipinski definition) is 0. The summed E-state index contributed by atoms with van der Waals surface area (Å²) in [4.78, 5) is 2.37. The molecule has 1 aliphatic carbocycles. The van der Waals surface area contributed by atoms with Crippen LogP contribution in [-0.4, -0.2) is 44.5 Å². The highest BCUT2D eigenvalue weighted by Crippen LogP contribution is 2.48. The van der Waals surface area contributed by atoms with Gasteiger partial charge in [-0.25, -0.2) is 8.42 Å². The first-order valence-corrected chi connectivity index (χ1v) is 10.3. The fourth-order valence-corrected chi connectivity index (χ4v) is 5.47. The van der Waals surface area contributed by atoms with Gasteiger partial charge in [0.25, 0.3) is 0 Å². The Morgan fingerprint density at radius 3 is 2.61 bits per heavy atom. The zero-order chi connectivity index (χ0) is 16.5. The number of sulfone groups is 1. The second kappa shape index (κ2) is 6.26. The van der Waals surface area contributed by atoms with Crippen LogP contribution in [-0.2, 0) is 9.84 Å². The van der Waals surface area contributed by atoms with E-state index in [1.807, 2.05) is 30.3 Å². The van der Waals surface area contributed by atoms with E-state index >= 15 is 0 Å². The van der Waals surface area contributed by atoms with Gasteiger partial charge in [-0.15, -0.1) is 0 Å². The zero-order valence-corrected chi connectivity index (χ0v) is 14.4. The van der Waals surface area contributed by atoms with Gasteiger partial charge in [0, 0.05) is 18.8 Å². The Labute approximate surface area is 139 Å². The molecule has 5 heteroatoms. The van der Waals surface area contributed by atoms with Gasteiger partial charge in [-0.3, -0.25) is 4.90 Å². The second-order valence-corrected chi connectivity index (χ2v) is 9.41. The summed E-state index contributed by atoms with van der Waals surface area (Å²) in [6.45, 7) is 1.79. The minimum absolute atomic E-state index is 0.0626. The number of likely N-dealkylation sites (tertiary alicyclic amines) is 1. The number of benzene rings is 1. The van der Waals surface area contributed by atoms with Crippen LogP contribution in [0.4, 0.5) is 0 Å². The summed E-state index contributed by atoms with van der Waals surface area (Å²) >= 11 is 0. The molecule has 2 fully saturated rings. The summed E-state index contributed by atoms with van der Waals surface area (Å²) in [5.74, 6) is 0.152. The Bertz CT molecular complexity index is 689. The monoisotopic (exact) mass is 332 g/mol. The molecule has 4 nitrogen and oxygen atoms in total. The zero-order valence-electron chi connectivity index (χ0n) is 13.6. The first-order chi connectivity index (χ1) is 10.9. The van der Waals surface area contributed by atoms with Crippen LogP contribution in [0.15, 0.2) is 30.3 Å². The molecule has 0 aromatic heterocycles. The van der Waals surface area contributed by atoms with E-state index in [0.717, 1.165) is 44.3 Å². The Balaban J connectivity index is 1.74. The quantitative estimate of drug-likeness (QED) is 0.803. The highest BCUT2D eigenvalue weighted by atomic mass is 32.2. The number of hydrogen-bond acceptors (Lipinski definition) is 4. The molecule has 1 aromatic carbocycles. The van der Waals surface area contributed by atoms with Gasteiger partial charge in [-0.2, -0.15) is 5.26 Å². The van der Waals surface area contributed by atoms with Gasteiger partial charge in [0.15, 0.2) is 0 Å². The van der Waals surface area contributed by atoms with Crippen LogP contribution >= 0.6 is 0 Å². The van der Waals surface area contributed by atoms with Crippen LogP contribution in [0.5, 0.6) is 0 Å². The van der Waals surface area contributed by atoms with Crippen molar-refractivity contribution in [2.75, 3.05) is 25.1 Å². The summed E-state index contributed by atoms with van der Waals surface area (Å²) in [6.07, 6.45) is 5.42. The van der Waals surface area contributed by atoms with Gasteiger partial charge < -0.3 is 0 Å². The van der Waals surface area contributed by atoms with Crippen LogP contribution < -0.4 is 0 Å². The van der Waals surface area contributed by atoms with E-state index in [4.69, 9.17) is 0 Å². The Hall–Kier alpha value is -1.38. The van der Waals surface area contributed by atoms with E-state index in [1.165, 1.54) is 6.26 Å². The van der Waals surface area contributed by atoms with Gasteiger partial charge in [0.05, 0.1) is 17.7 Å². The summed E-state index contributed by atoms with van der Waals surface area (Å²) in [5.41, 5.74) is 1.01. The minimum Gasteiger partial charge on any atom is -0.298 e. The predicted octanol–water partition coefficient (Wildman–Crippen LogP) is 2.58. The average molecular weight is 332 g/mol. The van der Waals surface area contributed by atoms with E-state index in [2.05, 4.69) is 11.0 Å². The third-order valence-electron chi connectivity index (χ3n) is 5.16. The molecule has 0 N–H and O–H groups in total. The van der Waals surface area contributed by atoms with Crippen LogP contribution in [0.25, 0.3) is 0 Å². The van der Waals surface area contributed by atoms with Crippen molar-refractivity contribution in [2.24, 2.45) is 5.41 Å². The lowest BCUT2D eigenvalue weighted by atomic mass is 9.90. The summed E-state index contributed by atoms with van der Waals surface area (Å²) < 4.78 is 23.4. The summed E-state index contributed by atoms with van der Waals surface area (Å²) in [6, 6.07) is 12.7. The second-order valence-electron chi connectivity index (χ2n) is 7.27. The van der Waals surface area contributed by atoms with Gasteiger partial charge in [0.1, 0.15) is 9.84 Å². The Morgan fingerprint density at radius 1 is 1.35 bits per heavy atom. The molecule has 2 unspecified atom stereocenters. The molecule has 23 heavy (non-hydrogen) atoms. The predicted molar refractivity (Wildman–Crippen MR) is 90.8 cm³/mol. The van der Waals surface area contributed by atoms with Crippen molar-refractivity contribution in [1.29, 1.82) is 5.26 Å². The highest BCUT2D eigenvalue weighted by molar-refractivity contribution is 7.90. The molecule has 0 radical (unpaired) electrons. The number of nitriles is 1. The van der Waals surface area contributed by atoms with Crippen molar-refractivity contribution < 1.29 is 8.42 Å². The standard InChI is InChI=1S/C18H24N2O2S/c1-23(21,22)14-18(9-10-18)13-20-11-5-8-17(20)16(12-19)15-6-3-2-4-7-15/h2-4,6-7,16-17H,5,8-11,13-14H2,1H3. The normalized spacial score (nSPS) is 25.0. The molecule has 0 amide bonds. The van der Waals surface area contributed by atoms with E-state index in [0.29, 0.717) is 0 Å². The van der Waals surface area contributed by atoms with Crippen LogP contribution in [0.2, 0.25) is 0 Å². The molecule has 3 rings (SSSR count). The molecule has 2 atom stereocenters. The smallest absolute Gasteiger partial charge is 0.148 e. The molecule has 0 spiro atoms. The summed E-state index contributed by atoms with van der Waals surface area (Å²) in [5, 5.41) is 9.69. The van der Waals surface area contributed by atoms with Crippen molar-refractivity contribution in [3.63, 3.8) is 0 Å². The van der Waals surface area contributed by atoms with Crippen molar-refractivity contribution in [1.82, 2.24) is 4.90 Å². The third-order valence-corrected chi connectivity index (χ3v) is 6.30. The summed E-state index contributed by atoms with van der Waals surface area (Å²) in [7, 11) is -2.95. The van der Waals surface area contributed by atoms with Gasteiger partial charge in [0.2, 0.25) is 0 Å². The van der Waals surface area contributed by atoms with Gasteiger partial charge in [-0.05, 0) is 43.2 Å². The highest BCUT2D eigenvalue weighted by Gasteiger charge is 2.48. The van der Waals surface area contributed by atoms with E-state index in [1.54, 1.807) is 0 Å². The molecular formula is C18H24N2O2S. The molecule has 1 heterocycles. The SMILES string of the molecule is CS(=O)(=O)CC1(CN2CCCC2C(C#N)c2ccccc2)CC1. The molecular weight excluding hydrogens is 308 g/mol. The lowest BCUT2D eigenvalue weighted by Crippen LogP contribution is -2.40. The molecule has 1 saturated carbocycles. The number of nitrogens with zero attached hydrogens (tertiary/aromatic N) is 2. The van der Waals surface area contributed by atoms with Crippen molar-refractivity contribution in [3.05, 3.63) is 35.9 Å². The van der Waals surface area contributed by atoms with E-state index in [-0.39, 0.29) is 23.1 Å². The largest absolute Gasteiger partial charge is 0.298 e. The van der Waals surface area contributed by atoms with Crippen LogP contribution in [0.1, 0.15) is 37.2 Å². The van der Waals surface area contributed by atoms with E-state index < -0.39 is 9.84 Å². The van der Waals surface area contributed by atoms with Crippen molar-refractivity contribution in [2.45, 2.75) is 37.6 Å². The molecule has 1 aliphatic heterocycles. The maximum Gasteiger partial charge on any atom is 0.148 e. The van der Waals surface area contributed by atoms with E-state index in [9.17, 15) is 13.7 Å². The maximum atomic E-state index is 11.7. The van der Waals surface area contributed by atoms with Crippen molar-refractivity contribution >= 4 is 9.84 Å². The maximum absolute atomic E-state index is 11.7. The third kappa shape index (κ3) is 3.94. The molecule has 1 saturated heterocycles. The fraction of sp³-hybridized carbons (Fsp3) is 0.611. The Morgan fingerprint density at radius 2 is 2.04 bits per heavy atom. The fourth-order valence-electron chi connectivity index (χ4n) is 3.98. The minimum atomic E-state index is -2.95. The average Bonchev–Trinajstić information content (AvgIpc) is 3.08. The first-order valence-electron chi connectivity index (χ1n) is 8.29. The van der Waals surface area contributed by atoms with Gasteiger partial charge >= 0.3 is 0 Å². The first kappa shape index (κ1) is 16.5. The molecule has 2 aliphatic rings. The van der Waals surface area contributed by atoms with Crippen molar-refractivity contribution in [3.8, 4) is 6.07 Å². The molecule has 1 aromatic rings. The molecule has 0 bridgehead atoms. The number of rotatable bonds is 6. The topological polar surface area (TPSA) is 61.2 Å². The lowest BCUT2D eigenvalue weighted by molar-refractivity contribution is 0.202. The lowest BCUT2D eigenvalue weighted by Gasteiger charge is -2.31. The van der Waals surface area contributed by atoms with Crippen LogP contribution in [0.3, 0.4) is 0 Å². The van der Waals surface area contributed by atoms with Crippen LogP contribution in [0, 0.1) is 16.7 Å². The Kier molecular flexibility index (Phi) is 4.48.